The van der Waals surface area contributed by atoms with Gasteiger partial charge in [0.05, 0.1) is 0 Å². The van der Waals surface area contributed by atoms with E-state index in [1.54, 1.807) is 0 Å². The highest BCUT2D eigenvalue weighted by atomic mass is 28.3. The van der Waals surface area contributed by atoms with Crippen molar-refractivity contribution in [3.05, 3.63) is 72.4 Å². The first-order valence-electron chi connectivity index (χ1n) is 6.96. The Morgan fingerprint density at radius 2 is 1.21 bits per heavy atom. The lowest BCUT2D eigenvalue weighted by atomic mass is 10.4. The molecule has 0 unspecified atom stereocenters. The van der Waals surface area contributed by atoms with Gasteiger partial charge in [-0.25, -0.2) is 0 Å². The zero-order valence-electron chi connectivity index (χ0n) is 12.0. The monoisotopic (exact) mass is 266 g/mol. The van der Waals surface area contributed by atoms with Crippen molar-refractivity contribution in [3.8, 4) is 0 Å². The molecule has 0 heterocycles. The SMILES string of the molecule is CC=C[Si](c1ccccc1)(c1ccccc1)C(C)C. The van der Waals surface area contributed by atoms with E-state index in [0.29, 0.717) is 5.54 Å². The van der Waals surface area contributed by atoms with Gasteiger partial charge in [-0.3, -0.25) is 0 Å². The highest BCUT2D eigenvalue weighted by Gasteiger charge is 2.37. The smallest absolute Gasteiger partial charge is 0.0948 e. The molecule has 0 N–H and O–H groups in total. The molecule has 98 valence electrons. The topological polar surface area (TPSA) is 0 Å². The molecule has 0 saturated carbocycles. The zero-order valence-corrected chi connectivity index (χ0v) is 13.0. The van der Waals surface area contributed by atoms with Crippen LogP contribution < -0.4 is 10.4 Å². The van der Waals surface area contributed by atoms with Crippen molar-refractivity contribution < 1.29 is 0 Å². The Balaban J connectivity index is 2.69. The maximum atomic E-state index is 2.47. The first-order valence-corrected chi connectivity index (χ1v) is 9.12. The quantitative estimate of drug-likeness (QED) is 0.739. The Morgan fingerprint density at radius 3 is 1.53 bits per heavy atom. The van der Waals surface area contributed by atoms with Gasteiger partial charge in [0.15, 0.2) is 0 Å². The van der Waals surface area contributed by atoms with E-state index in [9.17, 15) is 0 Å². The Bertz CT molecular complexity index is 487. The molecule has 19 heavy (non-hydrogen) atoms. The normalized spacial score (nSPS) is 12.2. The predicted molar refractivity (Wildman–Crippen MR) is 87.8 cm³/mol. The fourth-order valence-electron chi connectivity index (χ4n) is 2.91. The van der Waals surface area contributed by atoms with Gasteiger partial charge in [0.2, 0.25) is 0 Å². The van der Waals surface area contributed by atoms with Crippen molar-refractivity contribution in [2.45, 2.75) is 26.3 Å². The van der Waals surface area contributed by atoms with Crippen LogP contribution in [0.25, 0.3) is 0 Å². The van der Waals surface area contributed by atoms with Gasteiger partial charge in [0.25, 0.3) is 0 Å². The summed E-state index contributed by atoms with van der Waals surface area (Å²) in [6, 6.07) is 22.0. The molecule has 2 aromatic rings. The molecule has 0 spiro atoms. The van der Waals surface area contributed by atoms with Crippen LogP contribution in [0.15, 0.2) is 72.4 Å². The van der Waals surface area contributed by atoms with Gasteiger partial charge < -0.3 is 0 Å². The van der Waals surface area contributed by atoms with Crippen LogP contribution in [0.2, 0.25) is 5.54 Å². The highest BCUT2D eigenvalue weighted by Crippen LogP contribution is 2.22. The number of rotatable bonds is 4. The molecule has 2 aromatic carbocycles. The summed E-state index contributed by atoms with van der Waals surface area (Å²) in [7, 11) is -1.81. The fourth-order valence-corrected chi connectivity index (χ4v) is 7.36. The molecule has 0 amide bonds. The fraction of sp³-hybridized carbons (Fsp3) is 0.222. The third-order valence-electron chi connectivity index (χ3n) is 3.84. The molecule has 0 bridgehead atoms. The van der Waals surface area contributed by atoms with Gasteiger partial charge in [0.1, 0.15) is 8.07 Å². The number of benzene rings is 2. The lowest BCUT2D eigenvalue weighted by Crippen LogP contribution is -2.59. The molecule has 0 nitrogen and oxygen atoms in total. The first-order chi connectivity index (χ1) is 9.21. The average molecular weight is 266 g/mol. The van der Waals surface area contributed by atoms with Gasteiger partial charge in [-0.15, -0.1) is 0 Å². The van der Waals surface area contributed by atoms with E-state index in [-0.39, 0.29) is 0 Å². The van der Waals surface area contributed by atoms with E-state index in [0.717, 1.165) is 0 Å². The number of allylic oxidation sites excluding steroid dienone is 1. The van der Waals surface area contributed by atoms with E-state index in [1.165, 1.54) is 10.4 Å². The van der Waals surface area contributed by atoms with E-state index < -0.39 is 8.07 Å². The second-order valence-electron chi connectivity index (χ2n) is 5.26. The van der Waals surface area contributed by atoms with Crippen molar-refractivity contribution >= 4 is 18.4 Å². The molecular weight excluding hydrogens is 244 g/mol. The summed E-state index contributed by atoms with van der Waals surface area (Å²) in [5.41, 5.74) is 3.11. The van der Waals surface area contributed by atoms with E-state index in [4.69, 9.17) is 0 Å². The van der Waals surface area contributed by atoms with Crippen LogP contribution in [-0.2, 0) is 0 Å². The first kappa shape index (κ1) is 13.8. The van der Waals surface area contributed by atoms with E-state index in [1.807, 2.05) is 0 Å². The Hall–Kier alpha value is -1.60. The summed E-state index contributed by atoms with van der Waals surface area (Å²) in [6.07, 6.45) is 2.23. The minimum Gasteiger partial charge on any atom is -0.0948 e. The minimum absolute atomic E-state index is 0.633. The van der Waals surface area contributed by atoms with Crippen LogP contribution in [0.4, 0.5) is 0 Å². The lowest BCUT2D eigenvalue weighted by molar-refractivity contribution is 1.04. The predicted octanol–water partition coefficient (Wildman–Crippen LogP) is 3.77. The molecule has 0 aliphatic rings. The Kier molecular flexibility index (Phi) is 4.38. The molecule has 0 atom stereocenters. The van der Waals surface area contributed by atoms with Crippen molar-refractivity contribution in [2.75, 3.05) is 0 Å². The van der Waals surface area contributed by atoms with E-state index in [2.05, 4.69) is 93.2 Å². The summed E-state index contributed by atoms with van der Waals surface area (Å²) < 4.78 is 0. The summed E-state index contributed by atoms with van der Waals surface area (Å²) >= 11 is 0. The third-order valence-corrected chi connectivity index (χ3v) is 9.10. The summed E-state index contributed by atoms with van der Waals surface area (Å²) in [5.74, 6) is 0. The van der Waals surface area contributed by atoms with Gasteiger partial charge in [0, 0.05) is 0 Å². The lowest BCUT2D eigenvalue weighted by Gasteiger charge is -2.34. The maximum Gasteiger partial charge on any atom is 0.143 e. The molecular formula is C18H22Si. The number of hydrogen-bond acceptors (Lipinski definition) is 0. The maximum absolute atomic E-state index is 2.47. The van der Waals surface area contributed by atoms with Gasteiger partial charge in [-0.1, -0.05) is 86.3 Å². The van der Waals surface area contributed by atoms with Crippen molar-refractivity contribution in [1.82, 2.24) is 0 Å². The molecule has 0 aromatic heterocycles. The van der Waals surface area contributed by atoms with Crippen LogP contribution in [0.5, 0.6) is 0 Å². The molecule has 2 rings (SSSR count). The van der Waals surface area contributed by atoms with Crippen LogP contribution in [-0.4, -0.2) is 8.07 Å². The Labute approximate surface area is 117 Å². The Morgan fingerprint density at radius 1 is 0.789 bits per heavy atom. The largest absolute Gasteiger partial charge is 0.143 e. The van der Waals surface area contributed by atoms with Crippen LogP contribution >= 0.6 is 0 Å². The van der Waals surface area contributed by atoms with Gasteiger partial charge in [-0.05, 0) is 22.8 Å². The molecule has 0 fully saturated rings. The van der Waals surface area contributed by atoms with Crippen LogP contribution in [0.1, 0.15) is 20.8 Å². The van der Waals surface area contributed by atoms with Crippen LogP contribution in [0, 0.1) is 0 Å². The molecule has 0 aliphatic carbocycles. The van der Waals surface area contributed by atoms with Crippen molar-refractivity contribution in [1.29, 1.82) is 0 Å². The standard InChI is InChI=1S/C18H22Si/c1-4-15-19(16(2)3,17-11-7-5-8-12-17)18-13-9-6-10-14-18/h4-16H,1-3H3. The number of hydrogen-bond donors (Lipinski definition) is 0. The van der Waals surface area contributed by atoms with Crippen LogP contribution in [0.3, 0.4) is 0 Å². The molecule has 0 radical (unpaired) electrons. The zero-order chi connectivity index (χ0) is 13.7. The average Bonchev–Trinajstić information content (AvgIpc) is 2.46. The van der Waals surface area contributed by atoms with Gasteiger partial charge in [-0.2, -0.15) is 0 Å². The summed E-state index contributed by atoms with van der Waals surface area (Å²) in [4.78, 5) is 0. The molecule has 0 saturated heterocycles. The second kappa shape index (κ2) is 6.03. The second-order valence-corrected chi connectivity index (χ2v) is 9.64. The third kappa shape index (κ3) is 2.57. The molecule has 0 aliphatic heterocycles. The van der Waals surface area contributed by atoms with Gasteiger partial charge >= 0.3 is 0 Å². The highest BCUT2D eigenvalue weighted by molar-refractivity contribution is 7.06. The summed E-state index contributed by atoms with van der Waals surface area (Å²) in [5, 5.41) is 2.99. The molecule has 1 heteroatoms. The van der Waals surface area contributed by atoms with Crippen molar-refractivity contribution in [2.24, 2.45) is 0 Å². The van der Waals surface area contributed by atoms with Crippen molar-refractivity contribution in [3.63, 3.8) is 0 Å². The van der Waals surface area contributed by atoms with E-state index >= 15 is 0 Å². The summed E-state index contributed by atoms with van der Waals surface area (Å²) in [6.45, 7) is 6.84. The minimum atomic E-state index is -1.81.